The largest absolute Gasteiger partial charge is 0.388 e. The highest BCUT2D eigenvalue weighted by Gasteiger charge is 2.47. The number of aliphatic hydroxyl groups excluding tert-OH is 1. The van der Waals surface area contributed by atoms with Crippen LogP contribution in [0.15, 0.2) is 0 Å². The molecule has 7 heteroatoms. The molecule has 0 aromatic rings. The highest BCUT2D eigenvalue weighted by molar-refractivity contribution is 4.97. The highest BCUT2D eigenvalue weighted by Crippen LogP contribution is 2.39. The fourth-order valence-corrected chi connectivity index (χ4v) is 5.12. The summed E-state index contributed by atoms with van der Waals surface area (Å²) in [5.41, 5.74) is -1.96. The quantitative estimate of drug-likeness (QED) is 0.740. The summed E-state index contributed by atoms with van der Waals surface area (Å²) in [6.45, 7) is 15.8. The average molecular weight is 401 g/mol. The van der Waals surface area contributed by atoms with Crippen molar-refractivity contribution >= 4 is 0 Å². The van der Waals surface area contributed by atoms with Crippen molar-refractivity contribution in [3.8, 4) is 0 Å². The van der Waals surface area contributed by atoms with Crippen LogP contribution in [0, 0.1) is 0 Å². The standard InChI is InChI=1S/C21H40N2O5/c1-18(2)9-16(10-19(3,4)22(18)25)27-13-15(24)14-28-17-11-20(5,6)23(26)21(7,8)12-17/h15-17,24H,9-14H2,1-8H3. The summed E-state index contributed by atoms with van der Waals surface area (Å²) < 4.78 is 11.9. The third-order valence-corrected chi connectivity index (χ3v) is 6.16. The zero-order valence-corrected chi connectivity index (χ0v) is 18.9. The van der Waals surface area contributed by atoms with Gasteiger partial charge >= 0.3 is 0 Å². The van der Waals surface area contributed by atoms with Gasteiger partial charge in [0.1, 0.15) is 6.10 Å². The molecule has 2 saturated heterocycles. The van der Waals surface area contributed by atoms with E-state index in [4.69, 9.17) is 9.47 Å². The van der Waals surface area contributed by atoms with Gasteiger partial charge in [-0.05, 0) is 81.1 Å². The summed E-state index contributed by atoms with van der Waals surface area (Å²) in [4.78, 5) is 0. The first-order chi connectivity index (χ1) is 12.6. The van der Waals surface area contributed by atoms with Crippen molar-refractivity contribution in [2.75, 3.05) is 13.2 Å². The van der Waals surface area contributed by atoms with Crippen LogP contribution in [0.4, 0.5) is 0 Å². The van der Waals surface area contributed by atoms with Crippen molar-refractivity contribution in [3.05, 3.63) is 0 Å². The monoisotopic (exact) mass is 400 g/mol. The van der Waals surface area contributed by atoms with Crippen LogP contribution in [0.25, 0.3) is 0 Å². The number of hydrogen-bond donors (Lipinski definition) is 1. The van der Waals surface area contributed by atoms with Crippen LogP contribution in [-0.4, -0.2) is 68.9 Å². The second-order valence-corrected chi connectivity index (χ2v) is 11.2. The van der Waals surface area contributed by atoms with Crippen LogP contribution < -0.4 is 0 Å². The summed E-state index contributed by atoms with van der Waals surface area (Å²) in [7, 11) is 0. The summed E-state index contributed by atoms with van der Waals surface area (Å²) in [5.74, 6) is 0. The lowest BCUT2D eigenvalue weighted by atomic mass is 9.80. The summed E-state index contributed by atoms with van der Waals surface area (Å²) in [5, 5.41) is 37.5. The van der Waals surface area contributed by atoms with Crippen molar-refractivity contribution in [3.63, 3.8) is 0 Å². The maximum atomic E-state index is 12.4. The van der Waals surface area contributed by atoms with Crippen molar-refractivity contribution in [1.82, 2.24) is 10.1 Å². The first kappa shape index (κ1) is 24.0. The fraction of sp³-hybridized carbons (Fsp3) is 1.00. The Bertz CT molecular complexity index is 453. The number of rotatable bonds is 6. The number of aliphatic hydroxyl groups is 1. The summed E-state index contributed by atoms with van der Waals surface area (Å²) in [6, 6.07) is 0. The van der Waals surface area contributed by atoms with E-state index in [1.165, 1.54) is 10.1 Å². The van der Waals surface area contributed by atoms with Gasteiger partial charge in [-0.1, -0.05) is 0 Å². The molecule has 0 spiro atoms. The van der Waals surface area contributed by atoms with Crippen molar-refractivity contribution < 1.29 is 25.0 Å². The molecule has 0 amide bonds. The first-order valence-corrected chi connectivity index (χ1v) is 10.4. The van der Waals surface area contributed by atoms with Gasteiger partial charge in [0.2, 0.25) is 0 Å². The van der Waals surface area contributed by atoms with Crippen LogP contribution in [-0.2, 0) is 19.9 Å². The lowest BCUT2D eigenvalue weighted by Gasteiger charge is -2.50. The maximum Gasteiger partial charge on any atom is 0.101 e. The molecule has 0 unspecified atom stereocenters. The lowest BCUT2D eigenvalue weighted by Crippen LogP contribution is -2.60. The Morgan fingerprint density at radius 1 is 0.714 bits per heavy atom. The molecule has 164 valence electrons. The second kappa shape index (κ2) is 8.10. The van der Waals surface area contributed by atoms with E-state index < -0.39 is 28.3 Å². The molecule has 0 aromatic carbocycles. The minimum Gasteiger partial charge on any atom is -0.388 e. The normalized spacial score (nSPS) is 28.7. The van der Waals surface area contributed by atoms with E-state index >= 15 is 0 Å². The van der Waals surface area contributed by atoms with E-state index in [0.29, 0.717) is 25.7 Å². The molecular weight excluding hydrogens is 360 g/mol. The van der Waals surface area contributed by atoms with Gasteiger partial charge in [-0.3, -0.25) is 0 Å². The SMILES string of the molecule is CC1(C)CC(OCC(O)COC2CC(C)(C)N([O])C(C)(C)C2)CC(C)(C)N1[O]. The highest BCUT2D eigenvalue weighted by atomic mass is 16.5. The number of hydrogen-bond acceptors (Lipinski definition) is 5. The number of hydroxylamine groups is 4. The second-order valence-electron chi connectivity index (χ2n) is 11.2. The van der Waals surface area contributed by atoms with Gasteiger partial charge in [-0.2, -0.15) is 0 Å². The van der Waals surface area contributed by atoms with Crippen LogP contribution in [0.1, 0.15) is 81.1 Å². The van der Waals surface area contributed by atoms with Crippen molar-refractivity contribution in [1.29, 1.82) is 0 Å². The third kappa shape index (κ3) is 5.45. The molecule has 28 heavy (non-hydrogen) atoms. The van der Waals surface area contributed by atoms with E-state index in [2.05, 4.69) is 0 Å². The Morgan fingerprint density at radius 2 is 0.964 bits per heavy atom. The molecule has 0 bridgehead atoms. The predicted octanol–water partition coefficient (Wildman–Crippen LogP) is 3.11. The molecule has 0 saturated carbocycles. The van der Waals surface area contributed by atoms with E-state index in [0.717, 1.165) is 0 Å². The van der Waals surface area contributed by atoms with E-state index in [1.807, 2.05) is 55.4 Å². The topological polar surface area (TPSA) is 85.0 Å². The number of ether oxygens (including phenoxy) is 2. The molecule has 2 radical (unpaired) electrons. The molecular formula is C21H40N2O5. The Balaban J connectivity index is 1.81. The van der Waals surface area contributed by atoms with Gasteiger partial charge in [-0.25, -0.2) is 0 Å². The van der Waals surface area contributed by atoms with Crippen LogP contribution in [0.3, 0.4) is 0 Å². The van der Waals surface area contributed by atoms with Crippen LogP contribution in [0.5, 0.6) is 0 Å². The van der Waals surface area contributed by atoms with Gasteiger partial charge in [0.25, 0.3) is 0 Å². The molecule has 2 heterocycles. The zero-order chi connectivity index (χ0) is 21.5. The van der Waals surface area contributed by atoms with Crippen LogP contribution in [0.2, 0.25) is 0 Å². The molecule has 7 nitrogen and oxygen atoms in total. The van der Waals surface area contributed by atoms with Gasteiger partial charge in [0.15, 0.2) is 0 Å². The summed E-state index contributed by atoms with van der Waals surface area (Å²) in [6.07, 6.45) is 1.69. The smallest absolute Gasteiger partial charge is 0.101 e. The maximum absolute atomic E-state index is 12.4. The molecule has 0 aromatic heterocycles. The van der Waals surface area contributed by atoms with E-state index in [9.17, 15) is 15.5 Å². The average Bonchev–Trinajstić information content (AvgIpc) is 2.52. The van der Waals surface area contributed by atoms with Gasteiger partial charge < -0.3 is 14.6 Å². The number of piperidine rings is 2. The van der Waals surface area contributed by atoms with E-state index in [-0.39, 0.29) is 25.4 Å². The van der Waals surface area contributed by atoms with Gasteiger partial charge in [0.05, 0.1) is 25.4 Å². The predicted molar refractivity (Wildman–Crippen MR) is 105 cm³/mol. The molecule has 1 N–H and O–H groups in total. The third-order valence-electron chi connectivity index (χ3n) is 6.16. The lowest BCUT2D eigenvalue weighted by molar-refractivity contribution is -0.304. The Kier molecular flexibility index (Phi) is 6.94. The first-order valence-electron chi connectivity index (χ1n) is 10.4. The zero-order valence-electron chi connectivity index (χ0n) is 18.9. The van der Waals surface area contributed by atoms with Crippen molar-refractivity contribution in [2.45, 2.75) is 122 Å². The molecule has 2 fully saturated rings. The van der Waals surface area contributed by atoms with Crippen molar-refractivity contribution in [2.24, 2.45) is 0 Å². The Labute approximate surface area is 170 Å². The molecule has 0 atom stereocenters. The van der Waals surface area contributed by atoms with Gasteiger partial charge in [0, 0.05) is 22.2 Å². The number of nitrogens with zero attached hydrogens (tertiary/aromatic N) is 2. The minimum absolute atomic E-state index is 0.0635. The Hall–Kier alpha value is -0.280. The molecule has 2 aliphatic rings. The molecule has 2 rings (SSSR count). The Morgan fingerprint density at radius 3 is 1.21 bits per heavy atom. The molecule has 2 aliphatic heterocycles. The van der Waals surface area contributed by atoms with E-state index in [1.54, 1.807) is 0 Å². The van der Waals surface area contributed by atoms with Crippen LogP contribution >= 0.6 is 0 Å². The fourth-order valence-electron chi connectivity index (χ4n) is 5.12. The van der Waals surface area contributed by atoms with Gasteiger partial charge in [-0.15, -0.1) is 20.5 Å². The summed E-state index contributed by atoms with van der Waals surface area (Å²) >= 11 is 0. The minimum atomic E-state index is -0.729. The molecule has 0 aliphatic carbocycles.